The minimum absolute atomic E-state index is 0.0219. The fourth-order valence-corrected chi connectivity index (χ4v) is 2.39. The number of hydrogen-bond donors (Lipinski definition) is 1. The number of ether oxygens (including phenoxy) is 1. The van der Waals surface area contributed by atoms with Crippen molar-refractivity contribution in [3.63, 3.8) is 0 Å². The highest BCUT2D eigenvalue weighted by Gasteiger charge is 2.09. The summed E-state index contributed by atoms with van der Waals surface area (Å²) in [7, 11) is 1.58. The van der Waals surface area contributed by atoms with Gasteiger partial charge in [0.2, 0.25) is 0 Å². The zero-order valence-corrected chi connectivity index (χ0v) is 11.6. The zero-order chi connectivity index (χ0) is 14.1. The maximum Gasteiger partial charge on any atom is 0.190 e. The van der Waals surface area contributed by atoms with Gasteiger partial charge in [0.15, 0.2) is 5.43 Å². The lowest BCUT2D eigenvalue weighted by Gasteiger charge is -2.10. The van der Waals surface area contributed by atoms with Gasteiger partial charge in [-0.2, -0.15) is 0 Å². The standard InChI is InChI=1S/C16H12ClNO2/c1-20-16-8-10(17)6-7-12(16)14-9-15(19)11-4-2-3-5-13(11)18-14/h2-9H,1H3,(H,18,19). The van der Waals surface area contributed by atoms with Crippen LogP contribution in [0.5, 0.6) is 5.75 Å². The smallest absolute Gasteiger partial charge is 0.190 e. The molecular weight excluding hydrogens is 274 g/mol. The van der Waals surface area contributed by atoms with Crippen LogP contribution >= 0.6 is 11.6 Å². The van der Waals surface area contributed by atoms with Crippen LogP contribution in [0.3, 0.4) is 0 Å². The molecule has 100 valence electrons. The van der Waals surface area contributed by atoms with Crippen molar-refractivity contribution < 1.29 is 4.74 Å². The van der Waals surface area contributed by atoms with Gasteiger partial charge in [0.25, 0.3) is 0 Å². The van der Waals surface area contributed by atoms with Gasteiger partial charge in [-0.25, -0.2) is 0 Å². The number of halogens is 1. The molecule has 0 unspecified atom stereocenters. The van der Waals surface area contributed by atoms with E-state index in [2.05, 4.69) is 4.98 Å². The molecule has 1 N–H and O–H groups in total. The molecule has 0 aliphatic carbocycles. The van der Waals surface area contributed by atoms with Crippen molar-refractivity contribution in [2.24, 2.45) is 0 Å². The number of fused-ring (bicyclic) bond motifs is 1. The van der Waals surface area contributed by atoms with Crippen LogP contribution in [-0.2, 0) is 0 Å². The molecule has 3 aromatic rings. The molecule has 0 fully saturated rings. The Balaban J connectivity index is 2.27. The topological polar surface area (TPSA) is 42.1 Å². The van der Waals surface area contributed by atoms with Crippen LogP contribution in [0.4, 0.5) is 0 Å². The molecule has 0 aliphatic heterocycles. The fourth-order valence-electron chi connectivity index (χ4n) is 2.23. The monoisotopic (exact) mass is 285 g/mol. The van der Waals surface area contributed by atoms with Crippen molar-refractivity contribution in [2.45, 2.75) is 0 Å². The van der Waals surface area contributed by atoms with Gasteiger partial charge in [0, 0.05) is 27.6 Å². The van der Waals surface area contributed by atoms with Gasteiger partial charge >= 0.3 is 0 Å². The quantitative estimate of drug-likeness (QED) is 0.777. The number of hydrogen-bond acceptors (Lipinski definition) is 2. The number of rotatable bonds is 2. The van der Waals surface area contributed by atoms with Gasteiger partial charge < -0.3 is 9.72 Å². The second kappa shape index (κ2) is 5.02. The van der Waals surface area contributed by atoms with E-state index in [9.17, 15) is 4.79 Å². The first-order chi connectivity index (χ1) is 9.69. The number of aromatic amines is 1. The van der Waals surface area contributed by atoms with E-state index in [1.54, 1.807) is 31.4 Å². The molecule has 0 saturated heterocycles. The summed E-state index contributed by atoms with van der Waals surface area (Å²) in [6.07, 6.45) is 0. The Labute approximate surface area is 120 Å². The summed E-state index contributed by atoms with van der Waals surface area (Å²) in [5, 5.41) is 1.26. The van der Waals surface area contributed by atoms with Crippen LogP contribution in [0.1, 0.15) is 0 Å². The summed E-state index contributed by atoms with van der Waals surface area (Å²) in [4.78, 5) is 15.4. The molecule has 0 atom stereocenters. The number of pyridine rings is 1. The third kappa shape index (κ3) is 2.17. The lowest BCUT2D eigenvalue weighted by Crippen LogP contribution is -2.03. The predicted molar refractivity (Wildman–Crippen MR) is 81.6 cm³/mol. The molecule has 20 heavy (non-hydrogen) atoms. The Morgan fingerprint density at radius 1 is 1.10 bits per heavy atom. The van der Waals surface area contributed by atoms with Crippen LogP contribution in [0, 0.1) is 0 Å². The molecule has 1 aromatic heterocycles. The molecule has 4 heteroatoms. The molecule has 0 radical (unpaired) electrons. The lowest BCUT2D eigenvalue weighted by atomic mass is 10.1. The molecule has 0 spiro atoms. The van der Waals surface area contributed by atoms with E-state index in [-0.39, 0.29) is 5.43 Å². The Kier molecular flexibility index (Phi) is 3.20. The van der Waals surface area contributed by atoms with Crippen LogP contribution in [0.15, 0.2) is 53.3 Å². The first-order valence-electron chi connectivity index (χ1n) is 6.15. The second-order valence-corrected chi connectivity index (χ2v) is 4.87. The molecule has 0 amide bonds. The third-order valence-corrected chi connectivity index (χ3v) is 3.43. The van der Waals surface area contributed by atoms with Crippen LogP contribution in [0.2, 0.25) is 5.02 Å². The largest absolute Gasteiger partial charge is 0.496 e. The second-order valence-electron chi connectivity index (χ2n) is 4.44. The Morgan fingerprint density at radius 2 is 1.90 bits per heavy atom. The van der Waals surface area contributed by atoms with Gasteiger partial charge in [-0.15, -0.1) is 0 Å². The predicted octanol–water partition coefficient (Wildman–Crippen LogP) is 3.86. The molecule has 0 aliphatic rings. The van der Waals surface area contributed by atoms with E-state index in [4.69, 9.17) is 16.3 Å². The number of nitrogens with one attached hydrogen (secondary N) is 1. The van der Waals surface area contributed by atoms with Crippen LogP contribution in [0.25, 0.3) is 22.2 Å². The number of H-pyrrole nitrogens is 1. The van der Waals surface area contributed by atoms with E-state index < -0.39 is 0 Å². The van der Waals surface area contributed by atoms with Crippen molar-refractivity contribution in [1.29, 1.82) is 0 Å². The minimum Gasteiger partial charge on any atom is -0.496 e. The van der Waals surface area contributed by atoms with Gasteiger partial charge in [-0.05, 0) is 30.3 Å². The van der Waals surface area contributed by atoms with Crippen molar-refractivity contribution in [3.8, 4) is 17.0 Å². The van der Waals surface area contributed by atoms with Crippen molar-refractivity contribution in [2.75, 3.05) is 7.11 Å². The average molecular weight is 286 g/mol. The van der Waals surface area contributed by atoms with E-state index in [0.29, 0.717) is 21.9 Å². The highest BCUT2D eigenvalue weighted by atomic mass is 35.5. The molecule has 1 heterocycles. The van der Waals surface area contributed by atoms with E-state index >= 15 is 0 Å². The van der Waals surface area contributed by atoms with Gasteiger partial charge in [0.1, 0.15) is 5.75 Å². The molecule has 3 nitrogen and oxygen atoms in total. The molecule has 2 aromatic carbocycles. The van der Waals surface area contributed by atoms with Crippen molar-refractivity contribution in [3.05, 3.63) is 63.8 Å². The highest BCUT2D eigenvalue weighted by molar-refractivity contribution is 6.30. The molecule has 0 bridgehead atoms. The summed E-state index contributed by atoms with van der Waals surface area (Å²) in [5.74, 6) is 0.628. The Hall–Kier alpha value is -2.26. The van der Waals surface area contributed by atoms with Crippen molar-refractivity contribution in [1.82, 2.24) is 4.98 Å². The number of benzene rings is 2. The van der Waals surface area contributed by atoms with E-state index in [1.165, 1.54) is 0 Å². The van der Waals surface area contributed by atoms with E-state index in [1.807, 2.05) is 24.3 Å². The summed E-state index contributed by atoms with van der Waals surface area (Å²) in [6.45, 7) is 0. The summed E-state index contributed by atoms with van der Waals surface area (Å²) >= 11 is 5.96. The Morgan fingerprint density at radius 3 is 2.70 bits per heavy atom. The maximum absolute atomic E-state index is 12.2. The zero-order valence-electron chi connectivity index (χ0n) is 10.8. The molecule has 3 rings (SSSR count). The number of methoxy groups -OCH3 is 1. The molecule has 0 saturated carbocycles. The maximum atomic E-state index is 12.2. The normalized spacial score (nSPS) is 10.7. The fraction of sp³-hybridized carbons (Fsp3) is 0.0625. The SMILES string of the molecule is COc1cc(Cl)ccc1-c1cc(=O)c2ccccc2[nH]1. The third-order valence-electron chi connectivity index (χ3n) is 3.19. The Bertz CT molecular complexity index is 839. The highest BCUT2D eigenvalue weighted by Crippen LogP contribution is 2.31. The number of para-hydroxylation sites is 1. The van der Waals surface area contributed by atoms with E-state index in [0.717, 1.165) is 11.1 Å². The summed E-state index contributed by atoms with van der Waals surface area (Å²) in [5.41, 5.74) is 2.29. The van der Waals surface area contributed by atoms with Gasteiger partial charge in [0.05, 0.1) is 12.8 Å². The van der Waals surface area contributed by atoms with Crippen LogP contribution in [-0.4, -0.2) is 12.1 Å². The van der Waals surface area contributed by atoms with Crippen LogP contribution < -0.4 is 10.2 Å². The van der Waals surface area contributed by atoms with Gasteiger partial charge in [-0.3, -0.25) is 4.79 Å². The average Bonchev–Trinajstić information content (AvgIpc) is 2.47. The summed E-state index contributed by atoms with van der Waals surface area (Å²) in [6, 6.07) is 14.3. The first kappa shape index (κ1) is 12.8. The minimum atomic E-state index is -0.0219. The molecular formula is C16H12ClNO2. The number of aromatic nitrogens is 1. The first-order valence-corrected chi connectivity index (χ1v) is 6.53. The lowest BCUT2D eigenvalue weighted by molar-refractivity contribution is 0.416. The van der Waals surface area contributed by atoms with Crippen molar-refractivity contribution >= 4 is 22.5 Å². The summed E-state index contributed by atoms with van der Waals surface area (Å²) < 4.78 is 5.33. The van der Waals surface area contributed by atoms with Gasteiger partial charge in [-0.1, -0.05) is 23.7 Å².